The summed E-state index contributed by atoms with van der Waals surface area (Å²) in [6.07, 6.45) is 11.5. The van der Waals surface area contributed by atoms with Gasteiger partial charge >= 0.3 is 5.97 Å². The highest BCUT2D eigenvalue weighted by Crippen LogP contribution is 2.43. The number of carbonyl (C=O) groups is 3. The summed E-state index contributed by atoms with van der Waals surface area (Å²) in [4.78, 5) is 39.1. The number of carboxylic acid groups (broad SMARTS) is 1. The monoisotopic (exact) mass is 431 g/mol. The predicted molar refractivity (Wildman–Crippen MR) is 123 cm³/mol. The molecular weight excluding hydrogens is 402 g/mol. The first-order chi connectivity index (χ1) is 15.4. The lowest BCUT2D eigenvalue weighted by atomic mass is 9.81. The molecule has 1 heterocycles. The van der Waals surface area contributed by atoms with E-state index in [9.17, 15) is 14.4 Å². The molecule has 1 N–H and O–H groups in total. The molecule has 5 nitrogen and oxygen atoms in total. The van der Waals surface area contributed by atoms with Crippen LogP contribution in [0.15, 0.2) is 71.4 Å². The number of allylic oxidation sites excluding steroid dienone is 4. The fourth-order valence-corrected chi connectivity index (χ4v) is 5.15. The predicted octanol–water partition coefficient (Wildman–Crippen LogP) is 4.44. The van der Waals surface area contributed by atoms with Crippen molar-refractivity contribution in [2.45, 2.75) is 51.6 Å². The van der Waals surface area contributed by atoms with Crippen LogP contribution in [0.2, 0.25) is 0 Å². The Hall–Kier alpha value is -3.05. The molecule has 1 fully saturated rings. The Balaban J connectivity index is 1.60. The van der Waals surface area contributed by atoms with E-state index < -0.39 is 5.97 Å². The van der Waals surface area contributed by atoms with Gasteiger partial charge in [0, 0.05) is 47.6 Å². The number of fused-ring (bicyclic) bond motifs is 3. The van der Waals surface area contributed by atoms with E-state index in [2.05, 4.69) is 17.9 Å². The molecule has 32 heavy (non-hydrogen) atoms. The second-order valence-corrected chi connectivity index (χ2v) is 8.70. The van der Waals surface area contributed by atoms with Crippen LogP contribution in [-0.4, -0.2) is 46.2 Å². The second-order valence-electron chi connectivity index (χ2n) is 8.70. The van der Waals surface area contributed by atoms with Crippen molar-refractivity contribution in [1.82, 2.24) is 4.90 Å². The van der Waals surface area contributed by atoms with Crippen molar-refractivity contribution in [3.63, 3.8) is 0 Å². The Morgan fingerprint density at radius 1 is 1.12 bits per heavy atom. The van der Waals surface area contributed by atoms with Gasteiger partial charge in [-0.15, -0.1) is 0 Å². The summed E-state index contributed by atoms with van der Waals surface area (Å²) in [5.74, 6) is -0.804. The minimum absolute atomic E-state index is 0.000790. The lowest BCUT2D eigenvalue weighted by Gasteiger charge is -2.29. The van der Waals surface area contributed by atoms with Crippen molar-refractivity contribution < 1.29 is 19.5 Å². The summed E-state index contributed by atoms with van der Waals surface area (Å²) in [5.41, 5.74) is 4.25. The zero-order valence-corrected chi connectivity index (χ0v) is 18.6. The Morgan fingerprint density at radius 2 is 1.91 bits per heavy atom. The highest BCUT2D eigenvalue weighted by molar-refractivity contribution is 6.11. The van der Waals surface area contributed by atoms with Crippen LogP contribution < -0.4 is 0 Å². The van der Waals surface area contributed by atoms with Gasteiger partial charge in [0.15, 0.2) is 11.6 Å². The van der Waals surface area contributed by atoms with Gasteiger partial charge in [0.05, 0.1) is 0 Å². The van der Waals surface area contributed by atoms with Crippen LogP contribution in [0.1, 0.15) is 48.5 Å². The van der Waals surface area contributed by atoms with E-state index >= 15 is 0 Å². The minimum Gasteiger partial charge on any atom is -0.481 e. The highest BCUT2D eigenvalue weighted by Gasteiger charge is 2.44. The van der Waals surface area contributed by atoms with Crippen molar-refractivity contribution >= 4 is 17.5 Å². The first-order valence-corrected chi connectivity index (χ1v) is 11.3. The standard InChI is InChI=1S/C27H29NO4/c1-3-28-23-13-11-18(25(29)9-6-10-26(30)31)15-21(23)22-16-19(12-14-24(22)28)27(32)20-8-5-4-7-17(20)2/h4-5,7-8,11-13,15-16,21,23-24H,3,6,9-10,14H2,1-2H3,(H,30,31). The van der Waals surface area contributed by atoms with Gasteiger partial charge in [-0.1, -0.05) is 55.5 Å². The van der Waals surface area contributed by atoms with Gasteiger partial charge in [0.2, 0.25) is 0 Å². The molecule has 0 amide bonds. The van der Waals surface area contributed by atoms with Gasteiger partial charge in [0.25, 0.3) is 0 Å². The molecule has 3 aliphatic rings. The summed E-state index contributed by atoms with van der Waals surface area (Å²) in [7, 11) is 0. The van der Waals surface area contributed by atoms with Crippen LogP contribution in [0.3, 0.4) is 0 Å². The maximum absolute atomic E-state index is 13.2. The summed E-state index contributed by atoms with van der Waals surface area (Å²) in [6.45, 7) is 4.98. The molecule has 1 aliphatic heterocycles. The number of carboxylic acids is 1. The van der Waals surface area contributed by atoms with Crippen molar-refractivity contribution in [2.75, 3.05) is 6.54 Å². The fourth-order valence-electron chi connectivity index (χ4n) is 5.15. The molecule has 166 valence electrons. The van der Waals surface area contributed by atoms with Gasteiger partial charge in [-0.05, 0) is 43.5 Å². The highest BCUT2D eigenvalue weighted by atomic mass is 16.4. The quantitative estimate of drug-likeness (QED) is 0.616. The molecule has 1 saturated heterocycles. The number of rotatable bonds is 8. The summed E-state index contributed by atoms with van der Waals surface area (Å²) in [5, 5.41) is 8.83. The summed E-state index contributed by atoms with van der Waals surface area (Å²) in [6, 6.07) is 8.05. The number of aryl methyl sites for hydroxylation is 1. The normalized spacial score (nSPS) is 24.2. The third kappa shape index (κ3) is 4.17. The molecule has 0 bridgehead atoms. The SMILES string of the molecule is CCN1C2CC=C(C(=O)c3ccccc3C)C=C2C2C=C(C(=O)CCCC(=O)O)C=CC21. The van der Waals surface area contributed by atoms with Crippen molar-refractivity contribution in [1.29, 1.82) is 0 Å². The number of Topliss-reactive ketones (excluding diaryl/α,β-unsaturated/α-hetero) is 2. The summed E-state index contributed by atoms with van der Waals surface area (Å²) >= 11 is 0. The van der Waals surface area contributed by atoms with Gasteiger partial charge in [-0.3, -0.25) is 19.3 Å². The lowest BCUT2D eigenvalue weighted by Crippen LogP contribution is -2.37. The molecule has 5 heteroatoms. The molecule has 3 unspecified atom stereocenters. The molecule has 0 radical (unpaired) electrons. The number of aliphatic carboxylic acids is 1. The number of carbonyl (C=O) groups excluding carboxylic acids is 2. The third-order valence-electron chi connectivity index (χ3n) is 6.77. The number of likely N-dealkylation sites (tertiary alicyclic amines) is 1. The van der Waals surface area contributed by atoms with Gasteiger partial charge < -0.3 is 5.11 Å². The van der Waals surface area contributed by atoms with Crippen molar-refractivity contribution in [3.05, 3.63) is 82.5 Å². The molecular formula is C27H29NO4. The van der Waals surface area contributed by atoms with E-state index in [0.29, 0.717) is 12.0 Å². The van der Waals surface area contributed by atoms with Crippen LogP contribution >= 0.6 is 0 Å². The maximum atomic E-state index is 13.2. The maximum Gasteiger partial charge on any atom is 0.303 e. The average Bonchev–Trinajstić information content (AvgIpc) is 3.10. The second kappa shape index (κ2) is 9.21. The largest absolute Gasteiger partial charge is 0.481 e. The number of nitrogens with zero attached hydrogens (tertiary/aromatic N) is 1. The van der Waals surface area contributed by atoms with E-state index in [4.69, 9.17) is 5.11 Å². The first-order valence-electron chi connectivity index (χ1n) is 11.3. The molecule has 0 spiro atoms. The van der Waals surface area contributed by atoms with E-state index in [-0.39, 0.29) is 42.4 Å². The Morgan fingerprint density at radius 3 is 2.62 bits per heavy atom. The number of benzene rings is 1. The van der Waals surface area contributed by atoms with E-state index in [1.807, 2.05) is 55.5 Å². The van der Waals surface area contributed by atoms with E-state index in [1.165, 1.54) is 5.57 Å². The third-order valence-corrected chi connectivity index (χ3v) is 6.77. The molecule has 1 aromatic rings. The number of likely N-dealkylation sites (N-methyl/N-ethyl adjacent to an activating group) is 1. The Labute approximate surface area is 188 Å². The zero-order valence-electron chi connectivity index (χ0n) is 18.6. The average molecular weight is 432 g/mol. The van der Waals surface area contributed by atoms with E-state index in [1.54, 1.807) is 0 Å². The van der Waals surface area contributed by atoms with E-state index in [0.717, 1.165) is 29.7 Å². The molecule has 2 aliphatic carbocycles. The first kappa shape index (κ1) is 22.2. The molecule has 4 rings (SSSR count). The number of hydrogen-bond acceptors (Lipinski definition) is 4. The van der Waals surface area contributed by atoms with Crippen LogP contribution in [0.25, 0.3) is 0 Å². The van der Waals surface area contributed by atoms with Crippen molar-refractivity contribution in [3.8, 4) is 0 Å². The molecule has 1 aromatic carbocycles. The summed E-state index contributed by atoms with van der Waals surface area (Å²) < 4.78 is 0. The molecule has 3 atom stereocenters. The van der Waals surface area contributed by atoms with Crippen LogP contribution in [0.5, 0.6) is 0 Å². The van der Waals surface area contributed by atoms with Gasteiger partial charge in [-0.25, -0.2) is 0 Å². The number of ketones is 2. The Kier molecular flexibility index (Phi) is 6.38. The topological polar surface area (TPSA) is 74.7 Å². The van der Waals surface area contributed by atoms with Crippen LogP contribution in [-0.2, 0) is 9.59 Å². The van der Waals surface area contributed by atoms with Crippen LogP contribution in [0, 0.1) is 12.8 Å². The van der Waals surface area contributed by atoms with Crippen LogP contribution in [0.4, 0.5) is 0 Å². The number of hydrogen-bond donors (Lipinski definition) is 1. The smallest absolute Gasteiger partial charge is 0.303 e. The van der Waals surface area contributed by atoms with Crippen molar-refractivity contribution in [2.24, 2.45) is 5.92 Å². The Bertz CT molecular complexity index is 1070. The molecule has 0 aromatic heterocycles. The van der Waals surface area contributed by atoms with Gasteiger partial charge in [-0.2, -0.15) is 0 Å². The zero-order chi connectivity index (χ0) is 22.8. The minimum atomic E-state index is -0.881. The lowest BCUT2D eigenvalue weighted by molar-refractivity contribution is -0.137. The fraction of sp³-hybridized carbons (Fsp3) is 0.370. The van der Waals surface area contributed by atoms with Gasteiger partial charge in [0.1, 0.15) is 0 Å². The molecule has 0 saturated carbocycles.